The third kappa shape index (κ3) is 4.46. The van der Waals surface area contributed by atoms with Crippen LogP contribution in [0.4, 0.5) is 4.79 Å². The minimum Gasteiger partial charge on any atom is -0.494 e. The van der Waals surface area contributed by atoms with Gasteiger partial charge in [-0.05, 0) is 42.3 Å². The van der Waals surface area contributed by atoms with Gasteiger partial charge in [-0.15, -0.1) is 0 Å². The predicted molar refractivity (Wildman–Crippen MR) is 107 cm³/mol. The number of carbonyl (C=O) groups excluding carboxylic acids is 2. The van der Waals surface area contributed by atoms with E-state index in [0.29, 0.717) is 18.1 Å². The molecule has 148 valence electrons. The fraction of sp³-hybridized carbons (Fsp3) is 0.333. The topological polar surface area (TPSA) is 67.9 Å². The molecule has 28 heavy (non-hydrogen) atoms. The molecule has 3 rings (SSSR count). The molecule has 0 bridgehead atoms. The Kier molecular flexibility index (Phi) is 6.54. The van der Waals surface area contributed by atoms with Gasteiger partial charge in [-0.2, -0.15) is 0 Å². The van der Waals surface area contributed by atoms with Crippen molar-refractivity contribution in [1.29, 1.82) is 0 Å². The Labute approximate surface area is 169 Å². The Balaban J connectivity index is 1.80. The lowest BCUT2D eigenvalue weighted by molar-refractivity contribution is -0.130. The number of methoxy groups -OCH3 is 1. The molecule has 2 atom stereocenters. The highest BCUT2D eigenvalue weighted by Gasteiger charge is 2.42. The summed E-state index contributed by atoms with van der Waals surface area (Å²) in [5.74, 6) is 0.458. The van der Waals surface area contributed by atoms with Crippen molar-refractivity contribution >= 4 is 23.5 Å². The number of amides is 3. The van der Waals surface area contributed by atoms with Gasteiger partial charge in [0.1, 0.15) is 11.8 Å². The third-order valence-corrected chi connectivity index (χ3v) is 4.83. The van der Waals surface area contributed by atoms with E-state index in [0.717, 1.165) is 16.9 Å². The van der Waals surface area contributed by atoms with E-state index in [1.165, 1.54) is 4.90 Å². The van der Waals surface area contributed by atoms with Crippen LogP contribution in [0.5, 0.6) is 5.75 Å². The van der Waals surface area contributed by atoms with E-state index in [1.807, 2.05) is 43.3 Å². The summed E-state index contributed by atoms with van der Waals surface area (Å²) in [6.07, 6.45) is 0.380. The number of urea groups is 1. The molecular formula is C21H23ClN2O4. The first-order valence-corrected chi connectivity index (χ1v) is 9.51. The molecule has 3 amide bonds. The molecule has 2 aromatic rings. The quantitative estimate of drug-likeness (QED) is 0.685. The monoisotopic (exact) mass is 402 g/mol. The standard InChI is InChI=1S/C21H23ClN2O4/c1-3-28-17-9-7-15(8-10-17)19(13-27-2)24-20(25)18(23-21(24)26)12-14-5-4-6-16(22)11-14/h4-11,18-19H,3,12-13H2,1-2H3,(H,23,26). The summed E-state index contributed by atoms with van der Waals surface area (Å²) in [5, 5.41) is 3.37. The van der Waals surface area contributed by atoms with Gasteiger partial charge in [-0.25, -0.2) is 4.79 Å². The second-order valence-corrected chi connectivity index (χ2v) is 6.95. The summed E-state index contributed by atoms with van der Waals surface area (Å²) in [5.41, 5.74) is 1.69. The second-order valence-electron chi connectivity index (χ2n) is 6.52. The van der Waals surface area contributed by atoms with Crippen LogP contribution >= 0.6 is 11.6 Å². The largest absolute Gasteiger partial charge is 0.494 e. The lowest BCUT2D eigenvalue weighted by Gasteiger charge is -2.25. The maximum Gasteiger partial charge on any atom is 0.325 e. The summed E-state index contributed by atoms with van der Waals surface area (Å²) < 4.78 is 10.8. The Bertz CT molecular complexity index is 841. The number of imide groups is 1. The van der Waals surface area contributed by atoms with Crippen LogP contribution in [0.1, 0.15) is 24.1 Å². The fourth-order valence-electron chi connectivity index (χ4n) is 3.31. The number of nitrogens with one attached hydrogen (secondary N) is 1. The van der Waals surface area contributed by atoms with Crippen LogP contribution in [-0.4, -0.2) is 43.2 Å². The second kappa shape index (κ2) is 9.08. The Morgan fingerprint density at radius 1 is 1.18 bits per heavy atom. The van der Waals surface area contributed by atoms with Crippen LogP contribution in [0, 0.1) is 0 Å². The number of rotatable bonds is 8. The van der Waals surface area contributed by atoms with Gasteiger partial charge < -0.3 is 14.8 Å². The summed E-state index contributed by atoms with van der Waals surface area (Å²) in [6.45, 7) is 2.69. The van der Waals surface area contributed by atoms with Gasteiger partial charge in [0, 0.05) is 18.6 Å². The van der Waals surface area contributed by atoms with E-state index < -0.39 is 18.1 Å². The molecule has 0 aliphatic carbocycles. The molecule has 1 N–H and O–H groups in total. The molecule has 7 heteroatoms. The highest BCUT2D eigenvalue weighted by atomic mass is 35.5. The molecule has 1 saturated heterocycles. The van der Waals surface area contributed by atoms with Crippen molar-refractivity contribution in [3.63, 3.8) is 0 Å². The average molecular weight is 403 g/mol. The molecule has 0 aromatic heterocycles. The first kappa shape index (κ1) is 20.2. The first-order chi connectivity index (χ1) is 13.5. The number of ether oxygens (including phenoxy) is 2. The molecule has 0 saturated carbocycles. The molecule has 1 fully saturated rings. The summed E-state index contributed by atoms with van der Waals surface area (Å²) >= 11 is 6.02. The van der Waals surface area contributed by atoms with Crippen molar-refractivity contribution in [2.24, 2.45) is 0 Å². The fourth-order valence-corrected chi connectivity index (χ4v) is 3.52. The minimum atomic E-state index is -0.631. The van der Waals surface area contributed by atoms with E-state index >= 15 is 0 Å². The van der Waals surface area contributed by atoms with Crippen molar-refractivity contribution < 1.29 is 19.1 Å². The number of halogens is 1. The van der Waals surface area contributed by atoms with Gasteiger partial charge in [0.05, 0.1) is 19.3 Å². The molecule has 2 aromatic carbocycles. The SMILES string of the molecule is CCOc1ccc(C(COC)N2C(=O)NC(Cc3cccc(Cl)c3)C2=O)cc1. The van der Waals surface area contributed by atoms with Crippen molar-refractivity contribution in [3.05, 3.63) is 64.7 Å². The van der Waals surface area contributed by atoms with Crippen molar-refractivity contribution in [3.8, 4) is 5.75 Å². The number of benzene rings is 2. The van der Waals surface area contributed by atoms with Crippen molar-refractivity contribution in [2.75, 3.05) is 20.3 Å². The lowest BCUT2D eigenvalue weighted by atomic mass is 10.0. The Morgan fingerprint density at radius 2 is 1.93 bits per heavy atom. The zero-order valence-electron chi connectivity index (χ0n) is 15.9. The molecular weight excluding hydrogens is 380 g/mol. The van der Waals surface area contributed by atoms with Crippen LogP contribution in [0.3, 0.4) is 0 Å². The van der Waals surface area contributed by atoms with Crippen LogP contribution in [-0.2, 0) is 16.0 Å². The van der Waals surface area contributed by atoms with Crippen LogP contribution < -0.4 is 10.1 Å². The van der Waals surface area contributed by atoms with Gasteiger partial charge in [0.25, 0.3) is 5.91 Å². The van der Waals surface area contributed by atoms with E-state index in [-0.39, 0.29) is 12.5 Å². The zero-order valence-corrected chi connectivity index (χ0v) is 16.6. The third-order valence-electron chi connectivity index (χ3n) is 4.59. The summed E-state index contributed by atoms with van der Waals surface area (Å²) in [7, 11) is 1.55. The van der Waals surface area contributed by atoms with Crippen LogP contribution in [0.15, 0.2) is 48.5 Å². The van der Waals surface area contributed by atoms with Crippen molar-refractivity contribution in [2.45, 2.75) is 25.4 Å². The number of carbonyl (C=O) groups is 2. The van der Waals surface area contributed by atoms with Gasteiger partial charge in [0.2, 0.25) is 0 Å². The van der Waals surface area contributed by atoms with E-state index in [2.05, 4.69) is 5.32 Å². The number of nitrogens with zero attached hydrogens (tertiary/aromatic N) is 1. The van der Waals surface area contributed by atoms with Crippen LogP contribution in [0.25, 0.3) is 0 Å². The number of hydrogen-bond donors (Lipinski definition) is 1. The summed E-state index contributed by atoms with van der Waals surface area (Å²) in [6, 6.07) is 13.0. The molecule has 2 unspecified atom stereocenters. The maximum absolute atomic E-state index is 13.0. The van der Waals surface area contributed by atoms with E-state index in [1.54, 1.807) is 19.2 Å². The molecule has 1 aliphatic rings. The maximum atomic E-state index is 13.0. The lowest BCUT2D eigenvalue weighted by Crippen LogP contribution is -2.37. The van der Waals surface area contributed by atoms with E-state index in [4.69, 9.17) is 21.1 Å². The van der Waals surface area contributed by atoms with Gasteiger partial charge >= 0.3 is 6.03 Å². The Hall–Kier alpha value is -2.57. The van der Waals surface area contributed by atoms with Gasteiger partial charge in [-0.1, -0.05) is 35.9 Å². The van der Waals surface area contributed by atoms with Crippen molar-refractivity contribution in [1.82, 2.24) is 10.2 Å². The molecule has 1 aliphatic heterocycles. The first-order valence-electron chi connectivity index (χ1n) is 9.13. The van der Waals surface area contributed by atoms with Crippen LogP contribution in [0.2, 0.25) is 5.02 Å². The summed E-state index contributed by atoms with van der Waals surface area (Å²) in [4.78, 5) is 26.8. The molecule has 0 radical (unpaired) electrons. The van der Waals surface area contributed by atoms with E-state index in [9.17, 15) is 9.59 Å². The zero-order chi connectivity index (χ0) is 20.1. The Morgan fingerprint density at radius 3 is 2.57 bits per heavy atom. The molecule has 1 heterocycles. The highest BCUT2D eigenvalue weighted by molar-refractivity contribution is 6.30. The van der Waals surface area contributed by atoms with Gasteiger partial charge in [-0.3, -0.25) is 9.69 Å². The highest BCUT2D eigenvalue weighted by Crippen LogP contribution is 2.28. The average Bonchev–Trinajstić information content (AvgIpc) is 2.94. The predicted octanol–water partition coefficient (Wildman–Crippen LogP) is 3.59. The number of hydrogen-bond acceptors (Lipinski definition) is 4. The minimum absolute atomic E-state index is 0.205. The normalized spacial score (nSPS) is 17.5. The molecule has 6 nitrogen and oxygen atoms in total. The molecule has 0 spiro atoms. The smallest absolute Gasteiger partial charge is 0.325 e. The van der Waals surface area contributed by atoms with Gasteiger partial charge in [0.15, 0.2) is 0 Å².